The van der Waals surface area contributed by atoms with E-state index in [2.05, 4.69) is 16.0 Å². The summed E-state index contributed by atoms with van der Waals surface area (Å²) in [5.41, 5.74) is 4.29. The van der Waals surface area contributed by atoms with Crippen LogP contribution in [0.1, 0.15) is 11.3 Å². The molecule has 0 bridgehead atoms. The molecule has 0 aromatic carbocycles. The van der Waals surface area contributed by atoms with E-state index in [1.807, 2.05) is 38.2 Å². The molecule has 0 aliphatic rings. The van der Waals surface area contributed by atoms with E-state index in [1.165, 1.54) is 0 Å². The lowest BCUT2D eigenvalue weighted by Gasteiger charge is -2.04. The topological polar surface area (TPSA) is 25.8 Å². The average molecular weight is 184 g/mol. The molecule has 0 radical (unpaired) electrons. The molecule has 2 aromatic rings. The van der Waals surface area contributed by atoms with Gasteiger partial charge in [0.05, 0.1) is 5.69 Å². The minimum Gasteiger partial charge on any atom is -0.261 e. The van der Waals surface area contributed by atoms with Crippen molar-refractivity contribution in [3.63, 3.8) is 0 Å². The molecule has 14 heavy (non-hydrogen) atoms. The lowest BCUT2D eigenvalue weighted by molar-refractivity contribution is 1.16. The highest BCUT2D eigenvalue weighted by molar-refractivity contribution is 5.61. The van der Waals surface area contributed by atoms with E-state index < -0.39 is 0 Å². The number of nitrogens with zero attached hydrogens (tertiary/aromatic N) is 2. The summed E-state index contributed by atoms with van der Waals surface area (Å²) < 4.78 is 0. The Kier molecular flexibility index (Phi) is 2.27. The molecule has 0 unspecified atom stereocenters. The van der Waals surface area contributed by atoms with E-state index in [0.29, 0.717) is 0 Å². The second kappa shape index (κ2) is 3.58. The SMILES string of the molecule is Cc1cnc(C)c(-c2ccccn2)c1. The highest BCUT2D eigenvalue weighted by atomic mass is 14.7. The van der Waals surface area contributed by atoms with Crippen molar-refractivity contribution >= 4 is 0 Å². The molecule has 2 heterocycles. The van der Waals surface area contributed by atoms with Crippen LogP contribution in [0.4, 0.5) is 0 Å². The number of pyridine rings is 2. The van der Waals surface area contributed by atoms with Crippen LogP contribution >= 0.6 is 0 Å². The van der Waals surface area contributed by atoms with Gasteiger partial charge >= 0.3 is 0 Å². The summed E-state index contributed by atoms with van der Waals surface area (Å²) in [4.78, 5) is 8.63. The summed E-state index contributed by atoms with van der Waals surface area (Å²) in [6.45, 7) is 4.04. The van der Waals surface area contributed by atoms with Gasteiger partial charge in [0.25, 0.3) is 0 Å². The van der Waals surface area contributed by atoms with Gasteiger partial charge in [-0.2, -0.15) is 0 Å². The number of hydrogen-bond donors (Lipinski definition) is 0. The van der Waals surface area contributed by atoms with Gasteiger partial charge in [-0.1, -0.05) is 6.07 Å². The van der Waals surface area contributed by atoms with Crippen LogP contribution < -0.4 is 0 Å². The molecule has 0 amide bonds. The molecule has 2 nitrogen and oxygen atoms in total. The molecule has 0 fully saturated rings. The molecule has 0 N–H and O–H groups in total. The van der Waals surface area contributed by atoms with Crippen molar-refractivity contribution in [2.45, 2.75) is 13.8 Å². The molecule has 2 aromatic heterocycles. The number of aryl methyl sites for hydroxylation is 2. The maximum absolute atomic E-state index is 4.32. The zero-order valence-corrected chi connectivity index (χ0v) is 8.36. The maximum atomic E-state index is 4.32. The van der Waals surface area contributed by atoms with Crippen LogP contribution in [0.2, 0.25) is 0 Å². The smallest absolute Gasteiger partial charge is 0.0720 e. The molecular weight excluding hydrogens is 172 g/mol. The van der Waals surface area contributed by atoms with Crippen molar-refractivity contribution in [1.29, 1.82) is 0 Å². The first-order chi connectivity index (χ1) is 6.77. The Morgan fingerprint density at radius 3 is 2.64 bits per heavy atom. The van der Waals surface area contributed by atoms with Crippen LogP contribution in [0.15, 0.2) is 36.7 Å². The van der Waals surface area contributed by atoms with Crippen LogP contribution in [0, 0.1) is 13.8 Å². The molecule has 0 atom stereocenters. The standard InChI is InChI=1S/C12H12N2/c1-9-7-11(10(2)14-8-9)12-5-3-4-6-13-12/h3-8H,1-2H3. The Bertz CT molecular complexity index is 435. The lowest BCUT2D eigenvalue weighted by atomic mass is 10.1. The van der Waals surface area contributed by atoms with E-state index in [-0.39, 0.29) is 0 Å². The van der Waals surface area contributed by atoms with Crippen molar-refractivity contribution in [3.8, 4) is 11.3 Å². The third-order valence-corrected chi connectivity index (χ3v) is 2.16. The minimum atomic E-state index is 0.987. The van der Waals surface area contributed by atoms with Gasteiger partial charge < -0.3 is 0 Å². The molecule has 0 saturated carbocycles. The molecule has 0 aliphatic carbocycles. The molecule has 0 saturated heterocycles. The van der Waals surface area contributed by atoms with Gasteiger partial charge in [-0.3, -0.25) is 9.97 Å². The molecule has 2 rings (SSSR count). The monoisotopic (exact) mass is 184 g/mol. The highest BCUT2D eigenvalue weighted by Gasteiger charge is 2.03. The third kappa shape index (κ3) is 1.64. The van der Waals surface area contributed by atoms with E-state index in [1.54, 1.807) is 6.20 Å². The normalized spacial score (nSPS) is 10.1. The van der Waals surface area contributed by atoms with E-state index in [9.17, 15) is 0 Å². The zero-order chi connectivity index (χ0) is 9.97. The Labute approximate surface area is 83.7 Å². The Morgan fingerprint density at radius 2 is 1.93 bits per heavy atom. The molecule has 0 aliphatic heterocycles. The molecule has 70 valence electrons. The van der Waals surface area contributed by atoms with Gasteiger partial charge in [-0.25, -0.2) is 0 Å². The van der Waals surface area contributed by atoms with Gasteiger partial charge in [0.2, 0.25) is 0 Å². The fourth-order valence-corrected chi connectivity index (χ4v) is 1.42. The van der Waals surface area contributed by atoms with Crippen LogP contribution in [0.5, 0.6) is 0 Å². The Hall–Kier alpha value is -1.70. The maximum Gasteiger partial charge on any atom is 0.0720 e. The van der Waals surface area contributed by atoms with Gasteiger partial charge in [-0.15, -0.1) is 0 Å². The fraction of sp³-hybridized carbons (Fsp3) is 0.167. The predicted molar refractivity (Wildman–Crippen MR) is 56.9 cm³/mol. The summed E-state index contributed by atoms with van der Waals surface area (Å²) in [6, 6.07) is 8.03. The van der Waals surface area contributed by atoms with Crippen LogP contribution in [0.25, 0.3) is 11.3 Å². The number of hydrogen-bond acceptors (Lipinski definition) is 2. The van der Waals surface area contributed by atoms with E-state index in [4.69, 9.17) is 0 Å². The zero-order valence-electron chi connectivity index (χ0n) is 8.36. The number of rotatable bonds is 1. The summed E-state index contributed by atoms with van der Waals surface area (Å²) in [7, 11) is 0. The van der Waals surface area contributed by atoms with Gasteiger partial charge in [0, 0.05) is 23.7 Å². The first kappa shape index (κ1) is 8.88. The lowest BCUT2D eigenvalue weighted by Crippen LogP contribution is -1.90. The van der Waals surface area contributed by atoms with Crippen molar-refractivity contribution in [2.75, 3.05) is 0 Å². The molecular formula is C12H12N2. The van der Waals surface area contributed by atoms with Gasteiger partial charge in [-0.05, 0) is 37.6 Å². The summed E-state index contributed by atoms with van der Waals surface area (Å²) >= 11 is 0. The van der Waals surface area contributed by atoms with Crippen molar-refractivity contribution in [1.82, 2.24) is 9.97 Å². The van der Waals surface area contributed by atoms with E-state index in [0.717, 1.165) is 22.5 Å². The van der Waals surface area contributed by atoms with Crippen molar-refractivity contribution in [3.05, 3.63) is 47.9 Å². The van der Waals surface area contributed by atoms with Gasteiger partial charge in [0.15, 0.2) is 0 Å². The first-order valence-electron chi connectivity index (χ1n) is 4.62. The second-order valence-electron chi connectivity index (χ2n) is 3.36. The van der Waals surface area contributed by atoms with Crippen LogP contribution in [-0.4, -0.2) is 9.97 Å². The first-order valence-corrected chi connectivity index (χ1v) is 4.62. The Morgan fingerprint density at radius 1 is 1.07 bits per heavy atom. The van der Waals surface area contributed by atoms with Crippen LogP contribution in [-0.2, 0) is 0 Å². The second-order valence-corrected chi connectivity index (χ2v) is 3.36. The quantitative estimate of drug-likeness (QED) is 0.681. The van der Waals surface area contributed by atoms with Crippen molar-refractivity contribution in [2.24, 2.45) is 0 Å². The minimum absolute atomic E-state index is 0.987. The Balaban J connectivity index is 2.57. The van der Waals surface area contributed by atoms with E-state index >= 15 is 0 Å². The van der Waals surface area contributed by atoms with Gasteiger partial charge in [0.1, 0.15) is 0 Å². The largest absolute Gasteiger partial charge is 0.261 e. The summed E-state index contributed by atoms with van der Waals surface area (Å²) in [5.74, 6) is 0. The van der Waals surface area contributed by atoms with Crippen LogP contribution in [0.3, 0.4) is 0 Å². The average Bonchev–Trinajstić information content (AvgIpc) is 2.23. The fourth-order valence-electron chi connectivity index (χ4n) is 1.42. The third-order valence-electron chi connectivity index (χ3n) is 2.16. The highest BCUT2D eigenvalue weighted by Crippen LogP contribution is 2.19. The molecule has 2 heteroatoms. The van der Waals surface area contributed by atoms with Crippen molar-refractivity contribution < 1.29 is 0 Å². The molecule has 0 spiro atoms. The summed E-state index contributed by atoms with van der Waals surface area (Å²) in [6.07, 6.45) is 3.68. The number of aromatic nitrogens is 2. The predicted octanol–water partition coefficient (Wildman–Crippen LogP) is 2.76. The summed E-state index contributed by atoms with van der Waals surface area (Å²) in [5, 5.41) is 0.